The van der Waals surface area contributed by atoms with Crippen molar-refractivity contribution in [1.29, 1.82) is 0 Å². The van der Waals surface area contributed by atoms with E-state index in [2.05, 4.69) is 34.6 Å². The van der Waals surface area contributed by atoms with Crippen molar-refractivity contribution in [3.8, 4) is 28.4 Å². The molecule has 3 nitrogen and oxygen atoms in total. The van der Waals surface area contributed by atoms with Crippen molar-refractivity contribution in [1.82, 2.24) is 0 Å². The first-order chi connectivity index (χ1) is 10.5. The summed E-state index contributed by atoms with van der Waals surface area (Å²) in [6.45, 7) is 11.0. The normalized spacial score (nSPS) is 12.4. The molecule has 0 heterocycles. The zero-order valence-electron chi connectivity index (χ0n) is 14.5. The molecule has 2 aromatic rings. The summed E-state index contributed by atoms with van der Waals surface area (Å²) in [5, 5.41) is 30.0. The first kappa shape index (κ1) is 17.2. The van der Waals surface area contributed by atoms with Gasteiger partial charge in [0.2, 0.25) is 0 Å². The van der Waals surface area contributed by atoms with Crippen LogP contribution in [0, 0.1) is 5.41 Å². The number of hydrogen-bond acceptors (Lipinski definition) is 3. The SMILES string of the molecule is CC(C)(C)CC(C)(C)c1ccc(O)c(-c2cc(O)ccc2O)c1. The van der Waals surface area contributed by atoms with Crippen LogP contribution >= 0.6 is 0 Å². The van der Waals surface area contributed by atoms with Crippen LogP contribution in [0.1, 0.15) is 46.6 Å². The van der Waals surface area contributed by atoms with E-state index >= 15 is 0 Å². The number of rotatable bonds is 3. The molecule has 0 aliphatic heterocycles. The Morgan fingerprint density at radius 1 is 0.739 bits per heavy atom. The van der Waals surface area contributed by atoms with Crippen molar-refractivity contribution in [3.63, 3.8) is 0 Å². The van der Waals surface area contributed by atoms with E-state index in [4.69, 9.17) is 0 Å². The fraction of sp³-hybridized carbons (Fsp3) is 0.400. The molecule has 0 atom stereocenters. The van der Waals surface area contributed by atoms with Crippen molar-refractivity contribution in [2.45, 2.75) is 46.5 Å². The van der Waals surface area contributed by atoms with Gasteiger partial charge in [0.1, 0.15) is 17.2 Å². The average molecular weight is 314 g/mol. The predicted molar refractivity (Wildman–Crippen MR) is 94.0 cm³/mol. The number of aromatic hydroxyl groups is 3. The molecule has 124 valence electrons. The van der Waals surface area contributed by atoms with Crippen LogP contribution in [0.4, 0.5) is 0 Å². The smallest absolute Gasteiger partial charge is 0.123 e. The van der Waals surface area contributed by atoms with Crippen LogP contribution < -0.4 is 0 Å². The molecule has 2 rings (SSSR count). The second-order valence-electron chi connectivity index (χ2n) is 8.05. The molecular formula is C20H26O3. The average Bonchev–Trinajstić information content (AvgIpc) is 2.39. The summed E-state index contributed by atoms with van der Waals surface area (Å²) in [6, 6.07) is 9.78. The fourth-order valence-electron chi connectivity index (χ4n) is 3.34. The third-order valence-corrected chi connectivity index (χ3v) is 4.02. The van der Waals surface area contributed by atoms with Gasteiger partial charge in [-0.15, -0.1) is 0 Å². The van der Waals surface area contributed by atoms with E-state index < -0.39 is 0 Å². The number of hydrogen-bond donors (Lipinski definition) is 3. The highest BCUT2D eigenvalue weighted by atomic mass is 16.3. The van der Waals surface area contributed by atoms with Crippen molar-refractivity contribution in [2.24, 2.45) is 5.41 Å². The standard InChI is InChI=1S/C20H26O3/c1-19(2,3)12-20(4,5)13-6-8-17(22)15(10-13)16-11-14(21)7-9-18(16)23/h6-11,21-23H,12H2,1-5H3. The lowest BCUT2D eigenvalue weighted by molar-refractivity contribution is 0.284. The molecule has 2 aromatic carbocycles. The molecule has 0 amide bonds. The summed E-state index contributed by atoms with van der Waals surface area (Å²) in [7, 11) is 0. The highest BCUT2D eigenvalue weighted by Crippen LogP contribution is 2.42. The topological polar surface area (TPSA) is 60.7 Å². The van der Waals surface area contributed by atoms with Crippen molar-refractivity contribution >= 4 is 0 Å². The minimum Gasteiger partial charge on any atom is -0.508 e. The predicted octanol–water partition coefficient (Wildman–Crippen LogP) is 5.18. The van der Waals surface area contributed by atoms with Gasteiger partial charge in [-0.2, -0.15) is 0 Å². The molecule has 0 saturated carbocycles. The molecule has 3 N–H and O–H groups in total. The van der Waals surface area contributed by atoms with Crippen LogP contribution in [0.5, 0.6) is 17.2 Å². The van der Waals surface area contributed by atoms with Crippen LogP contribution in [0.3, 0.4) is 0 Å². The molecule has 0 radical (unpaired) electrons. The third kappa shape index (κ3) is 3.98. The number of phenols is 3. The minimum atomic E-state index is -0.0762. The van der Waals surface area contributed by atoms with Gasteiger partial charge in [0.05, 0.1) is 0 Å². The molecule has 0 fully saturated rings. The van der Waals surface area contributed by atoms with Crippen LogP contribution in [0.15, 0.2) is 36.4 Å². The molecule has 0 aromatic heterocycles. The van der Waals surface area contributed by atoms with E-state index in [-0.39, 0.29) is 28.1 Å². The molecule has 0 spiro atoms. The number of benzene rings is 2. The van der Waals surface area contributed by atoms with Crippen molar-refractivity contribution in [2.75, 3.05) is 0 Å². The van der Waals surface area contributed by atoms with E-state index in [0.29, 0.717) is 11.1 Å². The molecule has 0 aliphatic carbocycles. The van der Waals surface area contributed by atoms with Gasteiger partial charge < -0.3 is 15.3 Å². The Labute approximate surface area is 138 Å². The number of phenolic OH excluding ortho intramolecular Hbond substituents is 3. The van der Waals surface area contributed by atoms with E-state index in [1.165, 1.54) is 18.2 Å². The monoisotopic (exact) mass is 314 g/mol. The Morgan fingerprint density at radius 2 is 1.26 bits per heavy atom. The maximum absolute atomic E-state index is 10.2. The molecule has 3 heteroatoms. The summed E-state index contributed by atoms with van der Waals surface area (Å²) >= 11 is 0. The summed E-state index contributed by atoms with van der Waals surface area (Å²) in [4.78, 5) is 0. The highest BCUT2D eigenvalue weighted by molar-refractivity contribution is 5.77. The zero-order chi connectivity index (χ0) is 17.4. The van der Waals surface area contributed by atoms with Gasteiger partial charge in [-0.1, -0.05) is 40.7 Å². The van der Waals surface area contributed by atoms with Gasteiger partial charge in [-0.25, -0.2) is 0 Å². The molecule has 23 heavy (non-hydrogen) atoms. The highest BCUT2D eigenvalue weighted by Gasteiger charge is 2.28. The molecular weight excluding hydrogens is 288 g/mol. The van der Waals surface area contributed by atoms with Gasteiger partial charge in [0.15, 0.2) is 0 Å². The van der Waals surface area contributed by atoms with Crippen LogP contribution in [0.2, 0.25) is 0 Å². The van der Waals surface area contributed by atoms with E-state index in [9.17, 15) is 15.3 Å². The summed E-state index contributed by atoms with van der Waals surface area (Å²) in [5.41, 5.74) is 2.14. The zero-order valence-corrected chi connectivity index (χ0v) is 14.5. The first-order valence-corrected chi connectivity index (χ1v) is 7.85. The second-order valence-corrected chi connectivity index (χ2v) is 8.05. The summed E-state index contributed by atoms with van der Waals surface area (Å²) in [5.74, 6) is 0.168. The maximum Gasteiger partial charge on any atom is 0.123 e. The molecule has 0 aliphatic rings. The van der Waals surface area contributed by atoms with Gasteiger partial charge in [0.25, 0.3) is 0 Å². The lowest BCUT2D eigenvalue weighted by Crippen LogP contribution is -2.24. The Morgan fingerprint density at radius 3 is 1.83 bits per heavy atom. The lowest BCUT2D eigenvalue weighted by atomic mass is 9.72. The van der Waals surface area contributed by atoms with E-state index in [1.807, 2.05) is 12.1 Å². The summed E-state index contributed by atoms with van der Waals surface area (Å²) in [6.07, 6.45) is 0.982. The molecule has 0 saturated heterocycles. The second kappa shape index (κ2) is 5.80. The van der Waals surface area contributed by atoms with Gasteiger partial charge in [-0.05, 0) is 53.1 Å². The van der Waals surface area contributed by atoms with E-state index in [1.54, 1.807) is 6.07 Å². The first-order valence-electron chi connectivity index (χ1n) is 7.85. The Kier molecular flexibility index (Phi) is 4.34. The molecule has 0 bridgehead atoms. The lowest BCUT2D eigenvalue weighted by Gasteiger charge is -2.33. The Hall–Kier alpha value is -2.16. The fourth-order valence-corrected chi connectivity index (χ4v) is 3.34. The van der Waals surface area contributed by atoms with Gasteiger partial charge in [-0.3, -0.25) is 0 Å². The van der Waals surface area contributed by atoms with Crippen LogP contribution in [0.25, 0.3) is 11.1 Å². The van der Waals surface area contributed by atoms with Gasteiger partial charge >= 0.3 is 0 Å². The van der Waals surface area contributed by atoms with Crippen LogP contribution in [-0.4, -0.2) is 15.3 Å². The van der Waals surface area contributed by atoms with Crippen LogP contribution in [-0.2, 0) is 5.41 Å². The van der Waals surface area contributed by atoms with Crippen molar-refractivity contribution < 1.29 is 15.3 Å². The summed E-state index contributed by atoms with van der Waals surface area (Å²) < 4.78 is 0. The quantitative estimate of drug-likeness (QED) is 0.684. The largest absolute Gasteiger partial charge is 0.508 e. The Bertz CT molecular complexity index is 709. The van der Waals surface area contributed by atoms with Crippen molar-refractivity contribution in [3.05, 3.63) is 42.0 Å². The third-order valence-electron chi connectivity index (χ3n) is 4.02. The van der Waals surface area contributed by atoms with E-state index in [0.717, 1.165) is 12.0 Å². The molecule has 0 unspecified atom stereocenters. The van der Waals surface area contributed by atoms with Gasteiger partial charge in [0, 0.05) is 11.1 Å². The maximum atomic E-state index is 10.2. The Balaban J connectivity index is 2.54. The minimum absolute atomic E-state index is 0.0314.